The van der Waals surface area contributed by atoms with Gasteiger partial charge in [-0.3, -0.25) is 9.67 Å². The number of aryl methyl sites for hydroxylation is 2. The fourth-order valence-corrected chi connectivity index (χ4v) is 1.61. The number of pyridine rings is 1. The second kappa shape index (κ2) is 5.54. The minimum absolute atomic E-state index is 0.786. The molecule has 0 saturated carbocycles. The molecule has 0 aliphatic heterocycles. The van der Waals surface area contributed by atoms with E-state index < -0.39 is 0 Å². The molecule has 2 heterocycles. The highest BCUT2D eigenvalue weighted by Gasteiger charge is 1.99. The molecular weight excluding hydrogens is 214 g/mol. The van der Waals surface area contributed by atoms with E-state index in [0.717, 1.165) is 36.7 Å². The van der Waals surface area contributed by atoms with Crippen molar-refractivity contribution in [3.05, 3.63) is 41.7 Å². The van der Waals surface area contributed by atoms with Crippen molar-refractivity contribution >= 4 is 0 Å². The SMILES string of the molecule is Cc1cccc(CNCCc2ncn(C)n2)n1. The first kappa shape index (κ1) is 11.7. The van der Waals surface area contributed by atoms with Crippen LogP contribution in [0.15, 0.2) is 24.5 Å². The molecule has 0 spiro atoms. The van der Waals surface area contributed by atoms with E-state index in [1.54, 1.807) is 11.0 Å². The lowest BCUT2D eigenvalue weighted by molar-refractivity contribution is 0.651. The molecule has 0 saturated heterocycles. The second-order valence-electron chi connectivity index (χ2n) is 4.03. The minimum Gasteiger partial charge on any atom is -0.311 e. The van der Waals surface area contributed by atoms with Gasteiger partial charge in [0.15, 0.2) is 5.82 Å². The van der Waals surface area contributed by atoms with Crippen LogP contribution in [-0.2, 0) is 20.0 Å². The van der Waals surface area contributed by atoms with Crippen LogP contribution in [0.2, 0.25) is 0 Å². The third kappa shape index (κ3) is 3.64. The van der Waals surface area contributed by atoms with E-state index in [-0.39, 0.29) is 0 Å². The van der Waals surface area contributed by atoms with Gasteiger partial charge in [-0.05, 0) is 19.1 Å². The maximum atomic E-state index is 4.42. The molecule has 5 nitrogen and oxygen atoms in total. The molecular formula is C12H17N5. The zero-order chi connectivity index (χ0) is 12.1. The number of aromatic nitrogens is 4. The molecule has 0 fully saturated rings. The molecule has 0 atom stereocenters. The minimum atomic E-state index is 0.786. The fraction of sp³-hybridized carbons (Fsp3) is 0.417. The van der Waals surface area contributed by atoms with Crippen LogP contribution in [0.1, 0.15) is 17.2 Å². The lowest BCUT2D eigenvalue weighted by Crippen LogP contribution is -2.18. The summed E-state index contributed by atoms with van der Waals surface area (Å²) in [7, 11) is 1.88. The first-order chi connectivity index (χ1) is 8.24. The molecule has 1 N–H and O–H groups in total. The molecule has 5 heteroatoms. The summed E-state index contributed by atoms with van der Waals surface area (Å²) in [6.07, 6.45) is 2.56. The average molecular weight is 231 g/mol. The van der Waals surface area contributed by atoms with Crippen LogP contribution >= 0.6 is 0 Å². The molecule has 0 unspecified atom stereocenters. The molecule has 90 valence electrons. The molecule has 2 rings (SSSR count). The Hall–Kier alpha value is -1.75. The Bertz CT molecular complexity index is 477. The van der Waals surface area contributed by atoms with Crippen molar-refractivity contribution in [3.8, 4) is 0 Å². The smallest absolute Gasteiger partial charge is 0.151 e. The Balaban J connectivity index is 1.73. The maximum absolute atomic E-state index is 4.42. The van der Waals surface area contributed by atoms with E-state index >= 15 is 0 Å². The molecule has 0 amide bonds. The van der Waals surface area contributed by atoms with E-state index in [1.807, 2.05) is 32.2 Å². The van der Waals surface area contributed by atoms with Crippen molar-refractivity contribution in [1.82, 2.24) is 25.1 Å². The van der Waals surface area contributed by atoms with Crippen molar-refractivity contribution < 1.29 is 0 Å². The van der Waals surface area contributed by atoms with Gasteiger partial charge in [-0.2, -0.15) is 5.10 Å². The Morgan fingerprint density at radius 1 is 1.35 bits per heavy atom. The number of nitrogens with one attached hydrogen (secondary N) is 1. The largest absolute Gasteiger partial charge is 0.311 e. The Kier molecular flexibility index (Phi) is 3.82. The van der Waals surface area contributed by atoms with Crippen molar-refractivity contribution in [2.45, 2.75) is 19.9 Å². The van der Waals surface area contributed by atoms with Crippen LogP contribution < -0.4 is 5.32 Å². The number of hydrogen-bond acceptors (Lipinski definition) is 4. The van der Waals surface area contributed by atoms with E-state index in [4.69, 9.17) is 0 Å². The van der Waals surface area contributed by atoms with Crippen LogP contribution in [0.4, 0.5) is 0 Å². The third-order valence-corrected chi connectivity index (χ3v) is 2.42. The average Bonchev–Trinajstić information content (AvgIpc) is 2.71. The van der Waals surface area contributed by atoms with Crippen molar-refractivity contribution in [3.63, 3.8) is 0 Å². The first-order valence-electron chi connectivity index (χ1n) is 5.72. The maximum Gasteiger partial charge on any atom is 0.151 e. The van der Waals surface area contributed by atoms with E-state index in [2.05, 4.69) is 20.4 Å². The van der Waals surface area contributed by atoms with Crippen LogP contribution in [-0.4, -0.2) is 26.3 Å². The molecule has 0 aliphatic rings. The fourth-order valence-electron chi connectivity index (χ4n) is 1.61. The summed E-state index contributed by atoms with van der Waals surface area (Å²) in [6.45, 7) is 3.65. The first-order valence-corrected chi connectivity index (χ1v) is 5.72. The molecule has 0 bridgehead atoms. The molecule has 17 heavy (non-hydrogen) atoms. The molecule has 2 aromatic heterocycles. The van der Waals surface area contributed by atoms with Gasteiger partial charge in [0.2, 0.25) is 0 Å². The molecule has 0 aliphatic carbocycles. The van der Waals surface area contributed by atoms with Gasteiger partial charge >= 0.3 is 0 Å². The van der Waals surface area contributed by atoms with Gasteiger partial charge in [0.25, 0.3) is 0 Å². The summed E-state index contributed by atoms with van der Waals surface area (Å²) in [5.41, 5.74) is 2.12. The highest BCUT2D eigenvalue weighted by atomic mass is 15.3. The van der Waals surface area contributed by atoms with Gasteiger partial charge in [-0.25, -0.2) is 4.98 Å². The van der Waals surface area contributed by atoms with E-state index in [0.29, 0.717) is 0 Å². The number of rotatable bonds is 5. The van der Waals surface area contributed by atoms with Gasteiger partial charge < -0.3 is 5.32 Å². The van der Waals surface area contributed by atoms with Gasteiger partial charge in [-0.1, -0.05) is 6.07 Å². The summed E-state index contributed by atoms with van der Waals surface area (Å²) in [4.78, 5) is 8.59. The van der Waals surface area contributed by atoms with Crippen LogP contribution in [0.25, 0.3) is 0 Å². The molecule has 0 aromatic carbocycles. The predicted octanol–water partition coefficient (Wildman–Crippen LogP) is 0.851. The topological polar surface area (TPSA) is 55.6 Å². The van der Waals surface area contributed by atoms with E-state index in [1.165, 1.54) is 0 Å². The molecule has 0 radical (unpaired) electrons. The third-order valence-electron chi connectivity index (χ3n) is 2.42. The number of hydrogen-bond donors (Lipinski definition) is 1. The standard InChI is InChI=1S/C12H17N5/c1-10-4-3-5-11(15-10)8-13-7-6-12-14-9-17(2)16-12/h3-5,9,13H,6-8H2,1-2H3. The quantitative estimate of drug-likeness (QED) is 0.775. The normalized spacial score (nSPS) is 10.7. The Morgan fingerprint density at radius 2 is 2.24 bits per heavy atom. The van der Waals surface area contributed by atoms with Gasteiger partial charge in [0.05, 0.1) is 5.69 Å². The second-order valence-corrected chi connectivity index (χ2v) is 4.03. The van der Waals surface area contributed by atoms with Crippen molar-refractivity contribution in [2.24, 2.45) is 7.05 Å². The van der Waals surface area contributed by atoms with Crippen LogP contribution in [0.5, 0.6) is 0 Å². The summed E-state index contributed by atoms with van der Waals surface area (Å²) in [6, 6.07) is 6.06. The van der Waals surface area contributed by atoms with Gasteiger partial charge in [-0.15, -0.1) is 0 Å². The van der Waals surface area contributed by atoms with Crippen molar-refractivity contribution in [1.29, 1.82) is 0 Å². The Morgan fingerprint density at radius 3 is 2.94 bits per heavy atom. The van der Waals surface area contributed by atoms with Crippen molar-refractivity contribution in [2.75, 3.05) is 6.54 Å². The lowest BCUT2D eigenvalue weighted by Gasteiger charge is -2.03. The summed E-state index contributed by atoms with van der Waals surface area (Å²) in [5.74, 6) is 0.872. The zero-order valence-corrected chi connectivity index (χ0v) is 10.2. The number of nitrogens with zero attached hydrogens (tertiary/aromatic N) is 4. The van der Waals surface area contributed by atoms with Crippen LogP contribution in [0, 0.1) is 6.92 Å². The highest BCUT2D eigenvalue weighted by molar-refractivity contribution is 5.09. The van der Waals surface area contributed by atoms with E-state index in [9.17, 15) is 0 Å². The molecule has 2 aromatic rings. The summed E-state index contributed by atoms with van der Waals surface area (Å²) >= 11 is 0. The Labute approximate surface area is 101 Å². The summed E-state index contributed by atoms with van der Waals surface area (Å²) < 4.78 is 1.72. The van der Waals surface area contributed by atoms with Crippen LogP contribution in [0.3, 0.4) is 0 Å². The van der Waals surface area contributed by atoms with Gasteiger partial charge in [0, 0.05) is 32.3 Å². The van der Waals surface area contributed by atoms with Gasteiger partial charge in [0.1, 0.15) is 6.33 Å². The zero-order valence-electron chi connectivity index (χ0n) is 10.2. The monoisotopic (exact) mass is 231 g/mol. The lowest BCUT2D eigenvalue weighted by atomic mass is 10.3. The highest BCUT2D eigenvalue weighted by Crippen LogP contribution is 1.97. The predicted molar refractivity (Wildman–Crippen MR) is 65.4 cm³/mol. The summed E-state index contributed by atoms with van der Waals surface area (Å²) in [5, 5.41) is 7.55.